The molecule has 0 fully saturated rings. The summed E-state index contributed by atoms with van der Waals surface area (Å²) in [5.74, 6) is 0.642. The van der Waals surface area contributed by atoms with Gasteiger partial charge in [-0.2, -0.15) is 0 Å². The summed E-state index contributed by atoms with van der Waals surface area (Å²) in [5.41, 5.74) is 6.74. The van der Waals surface area contributed by atoms with Crippen LogP contribution in [0.4, 0.5) is 0 Å². The fraction of sp³-hybridized carbons (Fsp3) is 0.538. The number of nitrogens with two attached hydrogens (primary N) is 1. The van der Waals surface area contributed by atoms with E-state index in [1.165, 1.54) is 0 Å². The number of benzene rings is 1. The zero-order valence-corrected chi connectivity index (χ0v) is 12.4. The van der Waals surface area contributed by atoms with Gasteiger partial charge in [0.25, 0.3) is 0 Å². The van der Waals surface area contributed by atoms with E-state index in [4.69, 9.17) is 38.4 Å². The van der Waals surface area contributed by atoms with E-state index in [1.54, 1.807) is 13.2 Å². The minimum Gasteiger partial charge on any atom is -0.486 e. The Balaban J connectivity index is 2.99. The molecule has 0 aromatic heterocycles. The number of hydrogen-bond donors (Lipinski definition) is 1. The molecule has 1 aromatic rings. The molecule has 0 aliphatic carbocycles. The maximum Gasteiger partial charge on any atom is 0.141 e. The molecule has 2 N–H and O–H groups in total. The van der Waals surface area contributed by atoms with E-state index in [1.807, 2.05) is 19.9 Å². The van der Waals surface area contributed by atoms with Crippen LogP contribution < -0.4 is 10.5 Å². The van der Waals surface area contributed by atoms with E-state index >= 15 is 0 Å². The second kappa shape index (κ2) is 7.19. The van der Waals surface area contributed by atoms with Crippen molar-refractivity contribution >= 4 is 23.2 Å². The minimum atomic E-state index is -0.0829. The number of ether oxygens (including phenoxy) is 2. The Morgan fingerprint density at radius 1 is 1.28 bits per heavy atom. The molecule has 5 heteroatoms. The summed E-state index contributed by atoms with van der Waals surface area (Å²) in [6.07, 6.45) is 0.579. The lowest BCUT2D eigenvalue weighted by Gasteiger charge is -2.19. The lowest BCUT2D eigenvalue weighted by atomic mass is 10.1. The quantitative estimate of drug-likeness (QED) is 0.875. The van der Waals surface area contributed by atoms with Gasteiger partial charge in [-0.1, -0.05) is 23.2 Å². The highest BCUT2D eigenvalue weighted by Gasteiger charge is 2.15. The number of rotatable bonds is 6. The van der Waals surface area contributed by atoms with Gasteiger partial charge in [-0.15, -0.1) is 0 Å². The van der Waals surface area contributed by atoms with Crippen LogP contribution in [0.25, 0.3) is 0 Å². The Labute approximate surface area is 118 Å². The molecular formula is C13H19Cl2NO2. The zero-order chi connectivity index (χ0) is 13.7. The van der Waals surface area contributed by atoms with Crippen LogP contribution in [0.3, 0.4) is 0 Å². The molecule has 0 saturated heterocycles. The van der Waals surface area contributed by atoms with Crippen molar-refractivity contribution in [2.45, 2.75) is 32.4 Å². The highest BCUT2D eigenvalue weighted by Crippen LogP contribution is 2.33. The van der Waals surface area contributed by atoms with Crippen LogP contribution in [0.2, 0.25) is 10.0 Å². The maximum absolute atomic E-state index is 6.17. The van der Waals surface area contributed by atoms with Gasteiger partial charge in [0.1, 0.15) is 11.9 Å². The van der Waals surface area contributed by atoms with E-state index in [9.17, 15) is 0 Å². The zero-order valence-electron chi connectivity index (χ0n) is 10.9. The Morgan fingerprint density at radius 2 is 1.94 bits per heavy atom. The third kappa shape index (κ3) is 4.65. The maximum atomic E-state index is 6.17. The van der Waals surface area contributed by atoms with E-state index in [-0.39, 0.29) is 12.1 Å². The molecule has 102 valence electrons. The molecule has 0 spiro atoms. The van der Waals surface area contributed by atoms with Crippen molar-refractivity contribution in [2.24, 2.45) is 5.73 Å². The molecule has 1 rings (SSSR count). The SMILES string of the molecule is COCC(C)Oc1c(Cl)cc(Cl)cc1CC(C)N. The average molecular weight is 292 g/mol. The molecule has 2 unspecified atom stereocenters. The summed E-state index contributed by atoms with van der Waals surface area (Å²) < 4.78 is 10.8. The number of methoxy groups -OCH3 is 1. The second-order valence-electron chi connectivity index (χ2n) is 4.44. The van der Waals surface area contributed by atoms with Crippen LogP contribution in [0.5, 0.6) is 5.75 Å². The van der Waals surface area contributed by atoms with Crippen molar-refractivity contribution in [2.75, 3.05) is 13.7 Å². The Kier molecular flexibility index (Phi) is 6.22. The highest BCUT2D eigenvalue weighted by molar-refractivity contribution is 6.35. The Bertz CT molecular complexity index is 397. The lowest BCUT2D eigenvalue weighted by Crippen LogP contribution is -2.21. The van der Waals surface area contributed by atoms with E-state index in [2.05, 4.69) is 0 Å². The standard InChI is InChI=1S/C13H19Cl2NO2/c1-8(16)4-10-5-11(14)6-12(15)13(10)18-9(2)7-17-3/h5-6,8-9H,4,7,16H2,1-3H3. The number of hydrogen-bond acceptors (Lipinski definition) is 3. The summed E-state index contributed by atoms with van der Waals surface area (Å²) in [6.45, 7) is 4.35. The predicted octanol–water partition coefficient (Wildman–Crippen LogP) is 3.30. The van der Waals surface area contributed by atoms with Gasteiger partial charge in [0, 0.05) is 18.2 Å². The third-order valence-electron chi connectivity index (χ3n) is 2.35. The molecule has 18 heavy (non-hydrogen) atoms. The normalized spacial score (nSPS) is 14.3. The minimum absolute atomic E-state index is 0.0135. The summed E-state index contributed by atoms with van der Waals surface area (Å²) >= 11 is 12.2. The van der Waals surface area contributed by atoms with Gasteiger partial charge in [0.05, 0.1) is 11.6 Å². The van der Waals surface area contributed by atoms with Gasteiger partial charge in [-0.3, -0.25) is 0 Å². The third-order valence-corrected chi connectivity index (χ3v) is 2.85. The largest absolute Gasteiger partial charge is 0.486 e. The van der Waals surface area contributed by atoms with Crippen LogP contribution in [0.15, 0.2) is 12.1 Å². The van der Waals surface area contributed by atoms with Crippen LogP contribution >= 0.6 is 23.2 Å². The first-order valence-corrected chi connectivity index (χ1v) is 6.58. The summed E-state index contributed by atoms with van der Waals surface area (Å²) in [6, 6.07) is 3.52. The fourth-order valence-electron chi connectivity index (χ4n) is 1.71. The monoisotopic (exact) mass is 291 g/mol. The van der Waals surface area contributed by atoms with Crippen molar-refractivity contribution in [1.82, 2.24) is 0 Å². The lowest BCUT2D eigenvalue weighted by molar-refractivity contribution is 0.0914. The van der Waals surface area contributed by atoms with Gasteiger partial charge in [0.2, 0.25) is 0 Å². The van der Waals surface area contributed by atoms with Crippen molar-refractivity contribution < 1.29 is 9.47 Å². The van der Waals surface area contributed by atoms with Crippen molar-refractivity contribution in [3.8, 4) is 5.75 Å². The van der Waals surface area contributed by atoms with Gasteiger partial charge < -0.3 is 15.2 Å². The van der Waals surface area contributed by atoms with Crippen molar-refractivity contribution in [3.63, 3.8) is 0 Å². The molecule has 3 nitrogen and oxygen atoms in total. The molecule has 0 saturated carbocycles. The molecule has 1 aromatic carbocycles. The van der Waals surface area contributed by atoms with Crippen LogP contribution in [0, 0.1) is 0 Å². The van der Waals surface area contributed by atoms with E-state index < -0.39 is 0 Å². The van der Waals surface area contributed by atoms with Crippen LogP contribution in [-0.4, -0.2) is 25.9 Å². The highest BCUT2D eigenvalue weighted by atomic mass is 35.5. The molecule has 0 aliphatic rings. The first-order chi connectivity index (χ1) is 8.43. The average Bonchev–Trinajstić information content (AvgIpc) is 2.22. The first-order valence-electron chi connectivity index (χ1n) is 5.83. The predicted molar refractivity (Wildman–Crippen MR) is 75.8 cm³/mol. The van der Waals surface area contributed by atoms with Gasteiger partial charge in [-0.05, 0) is 38.0 Å². The molecule has 0 aliphatic heterocycles. The van der Waals surface area contributed by atoms with Crippen molar-refractivity contribution in [1.29, 1.82) is 0 Å². The molecule has 0 bridgehead atoms. The Morgan fingerprint density at radius 3 is 2.50 bits per heavy atom. The van der Waals surface area contributed by atoms with Gasteiger partial charge >= 0.3 is 0 Å². The molecule has 0 heterocycles. The van der Waals surface area contributed by atoms with Crippen LogP contribution in [0.1, 0.15) is 19.4 Å². The summed E-state index contributed by atoms with van der Waals surface area (Å²) in [5, 5.41) is 1.09. The summed E-state index contributed by atoms with van der Waals surface area (Å²) in [4.78, 5) is 0. The molecule has 0 amide bonds. The van der Waals surface area contributed by atoms with E-state index in [0.717, 1.165) is 5.56 Å². The molecular weight excluding hydrogens is 273 g/mol. The first kappa shape index (κ1) is 15.6. The summed E-state index contributed by atoms with van der Waals surface area (Å²) in [7, 11) is 1.63. The topological polar surface area (TPSA) is 44.5 Å². The number of halogens is 2. The molecule has 2 atom stereocenters. The smallest absolute Gasteiger partial charge is 0.141 e. The molecule has 0 radical (unpaired) electrons. The Hall–Kier alpha value is -0.480. The fourth-order valence-corrected chi connectivity index (χ4v) is 2.29. The van der Waals surface area contributed by atoms with Crippen molar-refractivity contribution in [3.05, 3.63) is 27.7 Å². The van der Waals surface area contributed by atoms with Gasteiger partial charge in [-0.25, -0.2) is 0 Å². The second-order valence-corrected chi connectivity index (χ2v) is 5.28. The van der Waals surface area contributed by atoms with Crippen LogP contribution in [-0.2, 0) is 11.2 Å². The van der Waals surface area contributed by atoms with Gasteiger partial charge in [0.15, 0.2) is 0 Å². The van der Waals surface area contributed by atoms with E-state index in [0.29, 0.717) is 28.8 Å².